The van der Waals surface area contributed by atoms with Crippen LogP contribution in [0.1, 0.15) is 0 Å². The molecule has 0 aliphatic heterocycles. The third-order valence-corrected chi connectivity index (χ3v) is 12.3. The van der Waals surface area contributed by atoms with E-state index in [1.165, 1.54) is 105 Å². The third kappa shape index (κ3) is 3.43. The van der Waals surface area contributed by atoms with Crippen LogP contribution in [0.3, 0.4) is 0 Å². The highest BCUT2D eigenvalue weighted by atomic mass is 32.1. The maximum Gasteiger partial charge on any atom is 0.0355 e. The lowest BCUT2D eigenvalue weighted by molar-refractivity contribution is 1.81. The Morgan fingerprint density at radius 2 is 0.522 bits per heavy atom. The number of rotatable bonds is 0. The zero-order valence-electron chi connectivity index (χ0n) is 24.7. The van der Waals surface area contributed by atoms with E-state index in [1.807, 2.05) is 22.7 Å². The first kappa shape index (κ1) is 25.0. The Labute approximate surface area is 272 Å². The lowest BCUT2D eigenvalue weighted by atomic mass is 9.96. The molecule has 0 amide bonds. The average molecular weight is 617 g/mol. The van der Waals surface area contributed by atoms with Crippen molar-refractivity contribution in [2.75, 3.05) is 0 Å². The summed E-state index contributed by atoms with van der Waals surface area (Å²) < 4.78 is 5.31. The van der Waals surface area contributed by atoms with E-state index < -0.39 is 0 Å². The zero-order valence-corrected chi connectivity index (χ0v) is 26.3. The standard InChI is InChI=1S/C44H24S2/c1-5-25-6-2-10-32-28-14-18-41-37(22-28)38-24-30(16-20-42(38)46-41)34-12-4-8-26-7-3-11-33(44(26)34)29-15-19-40-36(23-29)35-21-27(13-17-39(35)45-40)31(9-1)43(25)32/h1-24H. The fourth-order valence-corrected chi connectivity index (χ4v) is 10.0. The molecule has 0 nitrogen and oxygen atoms in total. The molecule has 8 bridgehead atoms. The second kappa shape index (κ2) is 9.14. The SMILES string of the molecule is c1cc2cccc3c4ccc5sc6ccc(cc6c5c4)c4cccc5cccc(c6ccc7sc8ccc(cc8c7c6)c(c1)c23)c54. The number of hydrogen-bond donors (Lipinski definition) is 0. The Bertz CT molecular complexity index is 2720. The van der Waals surface area contributed by atoms with Gasteiger partial charge in [0.2, 0.25) is 0 Å². The van der Waals surface area contributed by atoms with E-state index in [0.29, 0.717) is 0 Å². The molecule has 2 heterocycles. The van der Waals surface area contributed by atoms with Gasteiger partial charge in [0.05, 0.1) is 0 Å². The highest BCUT2D eigenvalue weighted by Gasteiger charge is 2.12. The topological polar surface area (TPSA) is 0 Å². The van der Waals surface area contributed by atoms with Crippen LogP contribution < -0.4 is 0 Å². The highest BCUT2D eigenvalue weighted by molar-refractivity contribution is 7.26. The molecule has 0 saturated carbocycles. The van der Waals surface area contributed by atoms with Gasteiger partial charge < -0.3 is 0 Å². The Morgan fingerprint density at radius 3 is 0.804 bits per heavy atom. The van der Waals surface area contributed by atoms with Gasteiger partial charge in [0, 0.05) is 40.3 Å². The minimum atomic E-state index is 1.26. The summed E-state index contributed by atoms with van der Waals surface area (Å²) >= 11 is 3.77. The van der Waals surface area contributed by atoms with Crippen LogP contribution in [0.5, 0.6) is 0 Å². The number of hydrogen-bond acceptors (Lipinski definition) is 2. The molecule has 0 saturated heterocycles. The maximum absolute atomic E-state index is 2.43. The van der Waals surface area contributed by atoms with Crippen molar-refractivity contribution in [2.45, 2.75) is 0 Å². The van der Waals surface area contributed by atoms with Crippen LogP contribution in [0.2, 0.25) is 0 Å². The summed E-state index contributed by atoms with van der Waals surface area (Å²) in [4.78, 5) is 0. The van der Waals surface area contributed by atoms with Crippen LogP contribution in [0, 0.1) is 0 Å². The molecule has 0 fully saturated rings. The fourth-order valence-electron chi connectivity index (χ4n) is 7.87. The van der Waals surface area contributed by atoms with E-state index in [9.17, 15) is 0 Å². The lowest BCUT2D eigenvalue weighted by Crippen LogP contribution is -1.80. The van der Waals surface area contributed by atoms with Crippen LogP contribution >= 0.6 is 22.7 Å². The third-order valence-electron chi connectivity index (χ3n) is 9.99. The Hall–Kier alpha value is -5.28. The Balaban J connectivity index is 1.46. The van der Waals surface area contributed by atoms with Crippen molar-refractivity contribution >= 4 is 128 Å². The number of fused-ring (bicyclic) bond motifs is 8. The van der Waals surface area contributed by atoms with E-state index in [1.54, 1.807) is 0 Å². The van der Waals surface area contributed by atoms with Crippen molar-refractivity contribution in [1.29, 1.82) is 0 Å². The van der Waals surface area contributed by atoms with Gasteiger partial charge in [0.15, 0.2) is 0 Å². The second-order valence-corrected chi connectivity index (χ2v) is 14.6. The minimum Gasteiger partial charge on any atom is -0.135 e. The smallest absolute Gasteiger partial charge is 0.0355 e. The molecule has 2 aromatic heterocycles. The van der Waals surface area contributed by atoms with Gasteiger partial charge in [0.25, 0.3) is 0 Å². The molecule has 11 rings (SSSR count). The van der Waals surface area contributed by atoms with Crippen molar-refractivity contribution in [3.8, 4) is 0 Å². The Morgan fingerprint density at radius 1 is 0.239 bits per heavy atom. The van der Waals surface area contributed by atoms with Crippen molar-refractivity contribution in [3.05, 3.63) is 146 Å². The number of benzene rings is 8. The fraction of sp³-hybridized carbons (Fsp3) is 0. The predicted octanol–water partition coefficient (Wildman–Crippen LogP) is 13.9. The molecule has 0 aliphatic rings. The van der Waals surface area contributed by atoms with Gasteiger partial charge in [-0.05, 0) is 113 Å². The van der Waals surface area contributed by atoms with Crippen LogP contribution in [-0.4, -0.2) is 0 Å². The monoisotopic (exact) mass is 616 g/mol. The van der Waals surface area contributed by atoms with E-state index in [4.69, 9.17) is 0 Å². The molecule has 0 spiro atoms. The van der Waals surface area contributed by atoms with Crippen molar-refractivity contribution in [3.63, 3.8) is 0 Å². The van der Waals surface area contributed by atoms with Gasteiger partial charge in [0.1, 0.15) is 0 Å². The molecular formula is C44H24S2. The van der Waals surface area contributed by atoms with Crippen LogP contribution in [0.15, 0.2) is 146 Å². The minimum absolute atomic E-state index is 1.26. The second-order valence-electron chi connectivity index (χ2n) is 12.5. The molecule has 0 unspecified atom stereocenters. The van der Waals surface area contributed by atoms with E-state index in [2.05, 4.69) is 146 Å². The molecule has 0 atom stereocenters. The molecule has 2 heteroatoms. The Kier molecular flexibility index (Phi) is 4.96. The van der Waals surface area contributed by atoms with Gasteiger partial charge in [-0.3, -0.25) is 0 Å². The lowest BCUT2D eigenvalue weighted by Gasteiger charge is -2.07. The molecule has 46 heavy (non-hydrogen) atoms. The van der Waals surface area contributed by atoms with Crippen LogP contribution in [-0.2, 0) is 0 Å². The first-order valence-electron chi connectivity index (χ1n) is 15.7. The molecule has 0 aliphatic carbocycles. The van der Waals surface area contributed by atoms with Gasteiger partial charge >= 0.3 is 0 Å². The number of thiophene rings is 2. The average Bonchev–Trinajstić information content (AvgIpc) is 3.67. The van der Waals surface area contributed by atoms with E-state index in [0.717, 1.165) is 0 Å². The normalized spacial score (nSPS) is 12.3. The maximum atomic E-state index is 2.43. The van der Waals surface area contributed by atoms with Crippen LogP contribution in [0.4, 0.5) is 0 Å². The van der Waals surface area contributed by atoms with Crippen molar-refractivity contribution in [1.82, 2.24) is 0 Å². The largest absolute Gasteiger partial charge is 0.135 e. The summed E-state index contributed by atoms with van der Waals surface area (Å²) in [6.07, 6.45) is 0. The molecule has 9 aromatic carbocycles. The summed E-state index contributed by atoms with van der Waals surface area (Å²) in [7, 11) is 0. The van der Waals surface area contributed by atoms with E-state index >= 15 is 0 Å². The summed E-state index contributed by atoms with van der Waals surface area (Å²) in [6.45, 7) is 0. The summed E-state index contributed by atoms with van der Waals surface area (Å²) in [5.41, 5.74) is 0. The molecule has 11 aromatic rings. The van der Waals surface area contributed by atoms with Crippen LogP contribution in [0.25, 0.3) is 105 Å². The zero-order chi connectivity index (χ0) is 29.9. The predicted molar refractivity (Wildman–Crippen MR) is 206 cm³/mol. The summed E-state index contributed by atoms with van der Waals surface area (Å²) in [5.74, 6) is 0. The quantitative estimate of drug-likeness (QED) is 0.159. The first-order valence-corrected chi connectivity index (χ1v) is 17.4. The molecule has 212 valence electrons. The molecule has 0 radical (unpaired) electrons. The molecule has 0 N–H and O–H groups in total. The van der Waals surface area contributed by atoms with Gasteiger partial charge in [-0.1, -0.05) is 97.1 Å². The molecular weight excluding hydrogens is 593 g/mol. The van der Waals surface area contributed by atoms with Gasteiger partial charge in [-0.25, -0.2) is 0 Å². The van der Waals surface area contributed by atoms with E-state index in [-0.39, 0.29) is 0 Å². The first-order chi connectivity index (χ1) is 22.8. The summed E-state index contributed by atoms with van der Waals surface area (Å²) in [6, 6.07) is 55.3. The van der Waals surface area contributed by atoms with Gasteiger partial charge in [-0.2, -0.15) is 0 Å². The summed E-state index contributed by atoms with van der Waals surface area (Å²) in [5, 5.41) is 20.6. The van der Waals surface area contributed by atoms with Crippen molar-refractivity contribution < 1.29 is 0 Å². The highest BCUT2D eigenvalue weighted by Crippen LogP contribution is 2.41. The van der Waals surface area contributed by atoms with Crippen molar-refractivity contribution in [2.24, 2.45) is 0 Å². The van der Waals surface area contributed by atoms with Gasteiger partial charge in [-0.15, -0.1) is 22.7 Å².